The van der Waals surface area contributed by atoms with Crippen LogP contribution < -0.4 is 5.32 Å². The highest BCUT2D eigenvalue weighted by atomic mass is 32.1. The van der Waals surface area contributed by atoms with Gasteiger partial charge in [-0.1, -0.05) is 20.8 Å². The van der Waals surface area contributed by atoms with E-state index in [-0.39, 0.29) is 0 Å². The van der Waals surface area contributed by atoms with E-state index in [1.807, 2.05) is 11.3 Å². The minimum absolute atomic E-state index is 0.906. The van der Waals surface area contributed by atoms with Crippen molar-refractivity contribution in [3.8, 4) is 0 Å². The highest BCUT2D eigenvalue weighted by molar-refractivity contribution is 7.11. The summed E-state index contributed by atoms with van der Waals surface area (Å²) in [5.41, 5.74) is 1.30. The average molecular weight is 281 g/mol. The number of rotatable bonds is 6. The van der Waals surface area contributed by atoms with Gasteiger partial charge in [-0.15, -0.1) is 11.3 Å². The largest absolute Gasteiger partial charge is 0.312 e. The molecule has 19 heavy (non-hydrogen) atoms. The lowest BCUT2D eigenvalue weighted by Crippen LogP contribution is -2.32. The maximum Gasteiger partial charge on any atom is 0.107 e. The Morgan fingerprint density at radius 2 is 2.05 bits per heavy atom. The molecule has 1 fully saturated rings. The van der Waals surface area contributed by atoms with E-state index >= 15 is 0 Å². The molecule has 1 aromatic heterocycles. The van der Waals surface area contributed by atoms with E-state index in [0.717, 1.165) is 32.0 Å². The van der Waals surface area contributed by atoms with Gasteiger partial charge in [0.15, 0.2) is 0 Å². The normalized spacial score (nSPS) is 18.1. The number of nitrogens with one attached hydrogen (secondary N) is 1. The number of likely N-dealkylation sites (tertiary alicyclic amines) is 1. The molecule has 0 amide bonds. The summed E-state index contributed by atoms with van der Waals surface area (Å²) in [5.74, 6) is 0.906. The number of piperidine rings is 1. The van der Waals surface area contributed by atoms with E-state index in [4.69, 9.17) is 4.98 Å². The first-order chi connectivity index (χ1) is 9.22. The molecule has 2 heterocycles. The second-order valence-corrected chi connectivity index (χ2v) is 6.74. The molecule has 0 saturated carbocycles. The minimum Gasteiger partial charge on any atom is -0.312 e. The van der Waals surface area contributed by atoms with Gasteiger partial charge in [0.1, 0.15) is 5.01 Å². The molecule has 2 rings (SSSR count). The fourth-order valence-electron chi connectivity index (χ4n) is 2.57. The van der Waals surface area contributed by atoms with Gasteiger partial charge < -0.3 is 5.32 Å². The molecular weight excluding hydrogens is 254 g/mol. The highest BCUT2D eigenvalue weighted by Crippen LogP contribution is 2.23. The molecule has 0 spiro atoms. The fourth-order valence-corrected chi connectivity index (χ4v) is 3.74. The van der Waals surface area contributed by atoms with Crippen LogP contribution in [0.1, 0.15) is 49.2 Å². The number of aromatic nitrogens is 1. The van der Waals surface area contributed by atoms with Gasteiger partial charge in [0.2, 0.25) is 0 Å². The van der Waals surface area contributed by atoms with E-state index < -0.39 is 0 Å². The molecule has 1 aliphatic rings. The lowest BCUT2D eigenvalue weighted by atomic mass is 9.99. The second kappa shape index (κ2) is 7.36. The monoisotopic (exact) mass is 281 g/mol. The molecule has 0 atom stereocenters. The van der Waals surface area contributed by atoms with Gasteiger partial charge in [0.25, 0.3) is 0 Å². The van der Waals surface area contributed by atoms with Crippen LogP contribution in [0.5, 0.6) is 0 Å². The maximum atomic E-state index is 4.83. The smallest absolute Gasteiger partial charge is 0.107 e. The predicted octanol–water partition coefficient (Wildman–Crippen LogP) is 3.05. The molecule has 0 unspecified atom stereocenters. The van der Waals surface area contributed by atoms with Gasteiger partial charge in [-0.25, -0.2) is 4.98 Å². The summed E-state index contributed by atoms with van der Waals surface area (Å²) in [6.07, 6.45) is 3.74. The van der Waals surface area contributed by atoms with Crippen molar-refractivity contribution in [1.82, 2.24) is 15.2 Å². The van der Waals surface area contributed by atoms with Crippen LogP contribution in [0.3, 0.4) is 0 Å². The number of nitrogens with zero attached hydrogens (tertiary/aromatic N) is 2. The van der Waals surface area contributed by atoms with E-state index in [0.29, 0.717) is 0 Å². The molecule has 1 saturated heterocycles. The molecule has 0 bridgehead atoms. The fraction of sp³-hybridized carbons (Fsp3) is 0.800. The topological polar surface area (TPSA) is 28.2 Å². The van der Waals surface area contributed by atoms with Crippen molar-refractivity contribution in [2.45, 2.75) is 53.1 Å². The maximum absolute atomic E-state index is 4.83. The van der Waals surface area contributed by atoms with Crippen LogP contribution in [-0.2, 0) is 19.5 Å². The number of aryl methyl sites for hydroxylation is 1. The summed E-state index contributed by atoms with van der Waals surface area (Å²) < 4.78 is 0. The highest BCUT2D eigenvalue weighted by Gasteiger charge is 2.18. The Labute approximate surface area is 121 Å². The third kappa shape index (κ3) is 4.26. The average Bonchev–Trinajstić information content (AvgIpc) is 2.81. The third-order valence-corrected chi connectivity index (χ3v) is 5.01. The van der Waals surface area contributed by atoms with Crippen LogP contribution in [0.2, 0.25) is 0 Å². The van der Waals surface area contributed by atoms with Crippen LogP contribution in [0.15, 0.2) is 0 Å². The predicted molar refractivity (Wildman–Crippen MR) is 82.5 cm³/mol. The Morgan fingerprint density at radius 1 is 1.32 bits per heavy atom. The van der Waals surface area contributed by atoms with Crippen LogP contribution in [0, 0.1) is 5.92 Å². The molecule has 1 aromatic rings. The summed E-state index contributed by atoms with van der Waals surface area (Å²) in [6.45, 7) is 12.3. The third-order valence-electron chi connectivity index (χ3n) is 3.93. The van der Waals surface area contributed by atoms with E-state index in [1.165, 1.54) is 41.5 Å². The van der Waals surface area contributed by atoms with Crippen molar-refractivity contribution in [2.75, 3.05) is 19.6 Å². The molecular formula is C15H27N3S. The van der Waals surface area contributed by atoms with Crippen LogP contribution in [0.25, 0.3) is 0 Å². The molecule has 108 valence electrons. The SMILES string of the molecule is CCNCc1sc(CN2CCC(C)CC2)nc1CC. The van der Waals surface area contributed by atoms with Crippen molar-refractivity contribution in [2.24, 2.45) is 5.92 Å². The Balaban J connectivity index is 1.94. The summed E-state index contributed by atoms with van der Waals surface area (Å²) in [6, 6.07) is 0. The van der Waals surface area contributed by atoms with E-state index in [1.54, 1.807) is 0 Å². The van der Waals surface area contributed by atoms with Crippen LogP contribution in [-0.4, -0.2) is 29.5 Å². The minimum atomic E-state index is 0.906. The first-order valence-electron chi connectivity index (χ1n) is 7.63. The molecule has 1 N–H and O–H groups in total. The first kappa shape index (κ1) is 14.9. The van der Waals surface area contributed by atoms with Gasteiger partial charge in [0, 0.05) is 11.4 Å². The van der Waals surface area contributed by atoms with Crippen LogP contribution in [0.4, 0.5) is 0 Å². The zero-order chi connectivity index (χ0) is 13.7. The van der Waals surface area contributed by atoms with Crippen molar-refractivity contribution in [1.29, 1.82) is 0 Å². The Morgan fingerprint density at radius 3 is 2.68 bits per heavy atom. The molecule has 0 aromatic carbocycles. The zero-order valence-electron chi connectivity index (χ0n) is 12.5. The van der Waals surface area contributed by atoms with Crippen LogP contribution >= 0.6 is 11.3 Å². The van der Waals surface area contributed by atoms with Gasteiger partial charge in [-0.2, -0.15) is 0 Å². The number of thiazole rings is 1. The quantitative estimate of drug-likeness (QED) is 0.868. The number of hydrogen-bond donors (Lipinski definition) is 1. The lowest BCUT2D eigenvalue weighted by Gasteiger charge is -2.29. The lowest BCUT2D eigenvalue weighted by molar-refractivity contribution is 0.185. The first-order valence-corrected chi connectivity index (χ1v) is 8.45. The summed E-state index contributed by atoms with van der Waals surface area (Å²) in [7, 11) is 0. The van der Waals surface area contributed by atoms with E-state index in [2.05, 4.69) is 31.0 Å². The van der Waals surface area contributed by atoms with Gasteiger partial charge in [-0.05, 0) is 44.8 Å². The van der Waals surface area contributed by atoms with E-state index in [9.17, 15) is 0 Å². The van der Waals surface area contributed by atoms with Crippen molar-refractivity contribution < 1.29 is 0 Å². The van der Waals surface area contributed by atoms with Gasteiger partial charge >= 0.3 is 0 Å². The standard InChI is InChI=1S/C15H27N3S/c1-4-13-14(10-16-5-2)19-15(17-13)11-18-8-6-12(3)7-9-18/h12,16H,4-11H2,1-3H3. The van der Waals surface area contributed by atoms with Crippen molar-refractivity contribution >= 4 is 11.3 Å². The molecule has 3 nitrogen and oxygen atoms in total. The second-order valence-electron chi connectivity index (χ2n) is 5.57. The van der Waals surface area contributed by atoms with Crippen molar-refractivity contribution in [3.05, 3.63) is 15.6 Å². The number of hydrogen-bond acceptors (Lipinski definition) is 4. The molecule has 1 aliphatic heterocycles. The molecule has 0 aliphatic carbocycles. The Hall–Kier alpha value is -0.450. The molecule has 0 radical (unpaired) electrons. The Bertz CT molecular complexity index is 381. The molecule has 4 heteroatoms. The van der Waals surface area contributed by atoms with Crippen molar-refractivity contribution in [3.63, 3.8) is 0 Å². The van der Waals surface area contributed by atoms with Gasteiger partial charge in [-0.3, -0.25) is 4.90 Å². The summed E-state index contributed by atoms with van der Waals surface area (Å²) >= 11 is 1.90. The Kier molecular flexibility index (Phi) is 5.79. The summed E-state index contributed by atoms with van der Waals surface area (Å²) in [4.78, 5) is 8.83. The van der Waals surface area contributed by atoms with Gasteiger partial charge in [0.05, 0.1) is 12.2 Å². The zero-order valence-corrected chi connectivity index (χ0v) is 13.4. The summed E-state index contributed by atoms with van der Waals surface area (Å²) in [5, 5.41) is 4.72.